The second-order valence-corrected chi connectivity index (χ2v) is 6.83. The SMILES string of the molecule is CC1CCN([I-]I)CC1. The van der Waals surface area contributed by atoms with Crippen LogP contribution in [0.5, 0.6) is 0 Å². The van der Waals surface area contributed by atoms with Crippen LogP contribution in [0, 0.1) is 5.92 Å². The van der Waals surface area contributed by atoms with E-state index in [4.69, 9.17) is 0 Å². The average Bonchev–Trinajstić information content (AvgIpc) is 1.90. The maximum absolute atomic E-state index is 2.62. The van der Waals surface area contributed by atoms with Gasteiger partial charge < -0.3 is 0 Å². The molecule has 3 heteroatoms. The molecule has 1 aliphatic heterocycles. The Morgan fingerprint density at radius 1 is 1.44 bits per heavy atom. The molecule has 0 unspecified atom stereocenters. The fourth-order valence-electron chi connectivity index (χ4n) is 1.04. The van der Waals surface area contributed by atoms with Crippen molar-refractivity contribution in [3.05, 3.63) is 0 Å². The molecule has 0 aromatic heterocycles. The molecule has 1 rings (SSSR count). The Bertz CT molecular complexity index is 79.1. The van der Waals surface area contributed by atoms with Gasteiger partial charge in [-0.1, -0.05) is 0 Å². The van der Waals surface area contributed by atoms with Gasteiger partial charge in [0, 0.05) is 0 Å². The molecular formula is C6H12I2N-. The van der Waals surface area contributed by atoms with Crippen LogP contribution in [0.1, 0.15) is 19.8 Å². The van der Waals surface area contributed by atoms with Crippen LogP contribution in [0.4, 0.5) is 0 Å². The molecule has 0 atom stereocenters. The fourth-order valence-corrected chi connectivity index (χ4v) is 4.41. The molecule has 0 aromatic rings. The van der Waals surface area contributed by atoms with Gasteiger partial charge in [-0.25, -0.2) is 0 Å². The quantitative estimate of drug-likeness (QED) is 0.436. The first-order valence-electron chi connectivity index (χ1n) is 3.34. The Morgan fingerprint density at radius 3 is 2.44 bits per heavy atom. The Balaban J connectivity index is 2.18. The summed E-state index contributed by atoms with van der Waals surface area (Å²) >= 11 is 2.92. The van der Waals surface area contributed by atoms with Crippen molar-refractivity contribution < 1.29 is 17.5 Å². The van der Waals surface area contributed by atoms with E-state index >= 15 is 0 Å². The van der Waals surface area contributed by atoms with Crippen molar-refractivity contribution >= 4 is 18.6 Å². The minimum absolute atomic E-state index is 0.370. The number of piperidine rings is 1. The summed E-state index contributed by atoms with van der Waals surface area (Å²) in [6.45, 7) is 5.11. The summed E-state index contributed by atoms with van der Waals surface area (Å²) in [5.41, 5.74) is 0. The molecule has 1 aliphatic rings. The first-order valence-corrected chi connectivity index (χ1v) is 10.6. The van der Waals surface area contributed by atoms with Crippen LogP contribution >= 0.6 is 18.6 Å². The second kappa shape index (κ2) is 4.33. The van der Waals surface area contributed by atoms with Gasteiger partial charge in [0.1, 0.15) is 0 Å². The zero-order valence-corrected chi connectivity index (χ0v) is 9.92. The Hall–Kier alpha value is 1.42. The van der Waals surface area contributed by atoms with Gasteiger partial charge in [0.05, 0.1) is 0 Å². The molecule has 1 saturated heterocycles. The van der Waals surface area contributed by atoms with Crippen LogP contribution in [0.15, 0.2) is 0 Å². The molecule has 1 heterocycles. The molecule has 0 aliphatic carbocycles. The monoisotopic (exact) mass is 352 g/mol. The summed E-state index contributed by atoms with van der Waals surface area (Å²) in [5.74, 6) is 0.994. The van der Waals surface area contributed by atoms with E-state index in [1.807, 2.05) is 0 Å². The zero-order chi connectivity index (χ0) is 6.69. The Morgan fingerprint density at radius 2 is 2.00 bits per heavy atom. The van der Waals surface area contributed by atoms with Crippen LogP contribution in [-0.2, 0) is 0 Å². The Kier molecular flexibility index (Phi) is 4.10. The molecule has 1 nitrogen and oxygen atoms in total. The van der Waals surface area contributed by atoms with Crippen molar-refractivity contribution in [3.63, 3.8) is 0 Å². The van der Waals surface area contributed by atoms with Crippen molar-refractivity contribution in [1.29, 1.82) is 0 Å². The standard InChI is InChI=1S/C6H12I2N/c1-6-2-4-9(8-7)5-3-6/h6H,2-5H2,1H3/q-1. The molecule has 0 bridgehead atoms. The fraction of sp³-hybridized carbons (Fsp3) is 1.00. The van der Waals surface area contributed by atoms with E-state index in [-0.39, 0.29) is 0 Å². The zero-order valence-electron chi connectivity index (χ0n) is 5.61. The number of hydrogen-bond acceptors (Lipinski definition) is 1. The summed E-state index contributed by atoms with van der Waals surface area (Å²) in [6, 6.07) is 0. The van der Waals surface area contributed by atoms with Gasteiger partial charge in [-0.05, 0) is 0 Å². The van der Waals surface area contributed by atoms with Crippen LogP contribution < -0.4 is 17.5 Å². The van der Waals surface area contributed by atoms with Gasteiger partial charge in [-0.3, -0.25) is 0 Å². The molecule has 0 radical (unpaired) electrons. The summed E-state index contributed by atoms with van der Waals surface area (Å²) in [6.07, 6.45) is 2.87. The van der Waals surface area contributed by atoms with Gasteiger partial charge in [0.2, 0.25) is 0 Å². The van der Waals surface area contributed by atoms with E-state index < -0.39 is 0 Å². The third-order valence-electron chi connectivity index (χ3n) is 1.82. The summed E-state index contributed by atoms with van der Waals surface area (Å²) in [4.78, 5) is 0. The number of halogens is 2. The molecule has 56 valence electrons. The van der Waals surface area contributed by atoms with Crippen molar-refractivity contribution in [3.8, 4) is 0 Å². The minimum atomic E-state index is 0.370. The molecule has 0 saturated carbocycles. The molecule has 9 heavy (non-hydrogen) atoms. The summed E-state index contributed by atoms with van der Waals surface area (Å²) in [5, 5.41) is 0. The van der Waals surface area contributed by atoms with Crippen LogP contribution in [0.25, 0.3) is 0 Å². The predicted molar refractivity (Wildman–Crippen MR) is 44.0 cm³/mol. The maximum atomic E-state index is 2.62. The van der Waals surface area contributed by atoms with Crippen molar-refractivity contribution in [1.82, 2.24) is 3.11 Å². The van der Waals surface area contributed by atoms with E-state index in [1.165, 1.54) is 25.9 Å². The number of hydrogen-bond donors (Lipinski definition) is 0. The van der Waals surface area contributed by atoms with Gasteiger partial charge in [0.25, 0.3) is 0 Å². The van der Waals surface area contributed by atoms with E-state index in [9.17, 15) is 0 Å². The van der Waals surface area contributed by atoms with E-state index in [0.717, 1.165) is 5.92 Å². The van der Waals surface area contributed by atoms with Crippen LogP contribution in [0.2, 0.25) is 0 Å². The predicted octanol–water partition coefficient (Wildman–Crippen LogP) is -0.928. The molecule has 0 aromatic carbocycles. The molecule has 0 amide bonds. The normalized spacial score (nSPS) is 25.1. The van der Waals surface area contributed by atoms with Gasteiger partial charge >= 0.3 is 78.0 Å². The third kappa shape index (κ3) is 2.88. The van der Waals surface area contributed by atoms with Crippen molar-refractivity contribution in [2.75, 3.05) is 13.1 Å². The first-order chi connectivity index (χ1) is 4.33. The average molecular weight is 352 g/mol. The van der Waals surface area contributed by atoms with Gasteiger partial charge in [-0.15, -0.1) is 0 Å². The van der Waals surface area contributed by atoms with Crippen LogP contribution in [0.3, 0.4) is 0 Å². The van der Waals surface area contributed by atoms with Crippen LogP contribution in [-0.4, -0.2) is 16.2 Å². The number of rotatable bonds is 1. The first kappa shape index (κ1) is 8.52. The summed E-state index contributed by atoms with van der Waals surface area (Å²) < 4.78 is 2.62. The van der Waals surface area contributed by atoms with E-state index in [0.29, 0.717) is 17.5 Å². The molecule has 0 N–H and O–H groups in total. The molecule has 1 fully saturated rings. The number of nitrogens with zero attached hydrogens (tertiary/aromatic N) is 1. The van der Waals surface area contributed by atoms with Crippen molar-refractivity contribution in [2.45, 2.75) is 19.8 Å². The Labute approximate surface area is 77.4 Å². The van der Waals surface area contributed by atoms with Gasteiger partial charge in [-0.2, -0.15) is 0 Å². The molecular weight excluding hydrogens is 340 g/mol. The summed E-state index contributed by atoms with van der Waals surface area (Å²) in [7, 11) is 0. The van der Waals surface area contributed by atoms with Gasteiger partial charge in [0.15, 0.2) is 0 Å². The third-order valence-corrected chi connectivity index (χ3v) is 6.76. The van der Waals surface area contributed by atoms with E-state index in [2.05, 4.69) is 28.7 Å². The van der Waals surface area contributed by atoms with E-state index in [1.54, 1.807) is 0 Å². The second-order valence-electron chi connectivity index (χ2n) is 2.66. The molecule has 0 spiro atoms. The topological polar surface area (TPSA) is 3.24 Å². The van der Waals surface area contributed by atoms with Crippen molar-refractivity contribution in [2.24, 2.45) is 5.92 Å².